The SMILES string of the molecule is CC(C)(C(=O)NCC(=O)NC1CC1)c1ccccc1F. The van der Waals surface area contributed by atoms with Crippen LogP contribution in [0, 0.1) is 5.82 Å². The average Bonchev–Trinajstić information content (AvgIpc) is 3.20. The molecular weight excluding hydrogens is 259 g/mol. The van der Waals surface area contributed by atoms with Gasteiger partial charge < -0.3 is 10.6 Å². The number of rotatable bonds is 5. The van der Waals surface area contributed by atoms with Crippen LogP contribution >= 0.6 is 0 Å². The molecule has 0 spiro atoms. The van der Waals surface area contributed by atoms with E-state index in [9.17, 15) is 14.0 Å². The molecule has 0 radical (unpaired) electrons. The Hall–Kier alpha value is -1.91. The maximum atomic E-state index is 13.8. The molecule has 0 atom stereocenters. The van der Waals surface area contributed by atoms with Crippen LogP contribution in [0.2, 0.25) is 0 Å². The summed E-state index contributed by atoms with van der Waals surface area (Å²) >= 11 is 0. The van der Waals surface area contributed by atoms with Crippen LogP contribution in [0.15, 0.2) is 24.3 Å². The molecule has 2 N–H and O–H groups in total. The first-order valence-corrected chi connectivity index (χ1v) is 6.74. The first-order chi connectivity index (χ1) is 9.41. The molecule has 2 rings (SSSR count). The van der Waals surface area contributed by atoms with Crippen molar-refractivity contribution in [2.75, 3.05) is 6.54 Å². The van der Waals surface area contributed by atoms with E-state index in [1.807, 2.05) is 0 Å². The normalized spacial score (nSPS) is 14.8. The molecule has 0 aliphatic heterocycles. The Morgan fingerprint density at radius 3 is 2.55 bits per heavy atom. The van der Waals surface area contributed by atoms with Gasteiger partial charge in [-0.15, -0.1) is 0 Å². The van der Waals surface area contributed by atoms with Crippen molar-refractivity contribution in [3.8, 4) is 0 Å². The lowest BCUT2D eigenvalue weighted by atomic mass is 9.83. The van der Waals surface area contributed by atoms with Gasteiger partial charge >= 0.3 is 0 Å². The highest BCUT2D eigenvalue weighted by Gasteiger charge is 2.32. The summed E-state index contributed by atoms with van der Waals surface area (Å²) in [7, 11) is 0. The topological polar surface area (TPSA) is 58.2 Å². The average molecular weight is 278 g/mol. The minimum Gasteiger partial charge on any atom is -0.352 e. The van der Waals surface area contributed by atoms with Gasteiger partial charge in [-0.3, -0.25) is 9.59 Å². The number of carbonyl (C=O) groups is 2. The van der Waals surface area contributed by atoms with Gasteiger partial charge in [0.15, 0.2) is 0 Å². The van der Waals surface area contributed by atoms with Gasteiger partial charge in [0.2, 0.25) is 11.8 Å². The van der Waals surface area contributed by atoms with Crippen molar-refractivity contribution in [2.45, 2.75) is 38.1 Å². The highest BCUT2D eigenvalue weighted by Crippen LogP contribution is 2.25. The predicted octanol–water partition coefficient (Wildman–Crippen LogP) is 1.50. The Bertz CT molecular complexity index is 524. The van der Waals surface area contributed by atoms with Crippen LogP contribution in [0.1, 0.15) is 32.3 Å². The zero-order valence-corrected chi connectivity index (χ0v) is 11.7. The van der Waals surface area contributed by atoms with E-state index in [1.165, 1.54) is 6.07 Å². The lowest BCUT2D eigenvalue weighted by molar-refractivity contribution is -0.129. The predicted molar refractivity (Wildman–Crippen MR) is 73.6 cm³/mol. The van der Waals surface area contributed by atoms with Crippen LogP contribution in [-0.2, 0) is 15.0 Å². The van der Waals surface area contributed by atoms with Gasteiger partial charge in [-0.25, -0.2) is 4.39 Å². The lowest BCUT2D eigenvalue weighted by Crippen LogP contribution is -2.45. The molecule has 1 fully saturated rings. The smallest absolute Gasteiger partial charge is 0.239 e. The fourth-order valence-corrected chi connectivity index (χ4v) is 1.98. The Balaban J connectivity index is 1.96. The fraction of sp³-hybridized carbons (Fsp3) is 0.467. The van der Waals surface area contributed by atoms with E-state index in [0.717, 1.165) is 12.8 Å². The van der Waals surface area contributed by atoms with Gasteiger partial charge in [0.1, 0.15) is 5.82 Å². The quantitative estimate of drug-likeness (QED) is 0.857. The first kappa shape index (κ1) is 14.5. The van der Waals surface area contributed by atoms with E-state index >= 15 is 0 Å². The van der Waals surface area contributed by atoms with Crippen LogP contribution in [0.4, 0.5) is 4.39 Å². The zero-order chi connectivity index (χ0) is 14.8. The van der Waals surface area contributed by atoms with Gasteiger partial charge in [0.05, 0.1) is 12.0 Å². The van der Waals surface area contributed by atoms with Gasteiger partial charge in [0, 0.05) is 11.6 Å². The molecule has 0 heterocycles. The van der Waals surface area contributed by atoms with Crippen molar-refractivity contribution in [3.63, 3.8) is 0 Å². The van der Waals surface area contributed by atoms with Crippen molar-refractivity contribution in [1.82, 2.24) is 10.6 Å². The Kier molecular flexibility index (Phi) is 4.06. The molecule has 1 aromatic rings. The van der Waals surface area contributed by atoms with Crippen LogP contribution in [0.3, 0.4) is 0 Å². The van der Waals surface area contributed by atoms with Crippen molar-refractivity contribution in [1.29, 1.82) is 0 Å². The third-order valence-corrected chi connectivity index (χ3v) is 3.47. The summed E-state index contributed by atoms with van der Waals surface area (Å²) in [5, 5.41) is 5.35. The molecule has 108 valence electrons. The van der Waals surface area contributed by atoms with Crippen LogP contribution in [-0.4, -0.2) is 24.4 Å². The molecule has 4 nitrogen and oxygen atoms in total. The van der Waals surface area contributed by atoms with Crippen molar-refractivity contribution < 1.29 is 14.0 Å². The first-order valence-electron chi connectivity index (χ1n) is 6.74. The van der Waals surface area contributed by atoms with Gasteiger partial charge in [0.25, 0.3) is 0 Å². The second-order valence-corrected chi connectivity index (χ2v) is 5.63. The monoisotopic (exact) mass is 278 g/mol. The van der Waals surface area contributed by atoms with E-state index in [2.05, 4.69) is 10.6 Å². The molecular formula is C15H19FN2O2. The maximum Gasteiger partial charge on any atom is 0.239 e. The highest BCUT2D eigenvalue weighted by molar-refractivity contribution is 5.91. The van der Waals surface area contributed by atoms with Gasteiger partial charge in [-0.05, 0) is 32.8 Å². The Labute approximate surface area is 117 Å². The molecule has 1 aliphatic carbocycles. The minimum atomic E-state index is -1.02. The number of hydrogen-bond acceptors (Lipinski definition) is 2. The largest absolute Gasteiger partial charge is 0.352 e. The molecule has 1 saturated carbocycles. The number of hydrogen-bond donors (Lipinski definition) is 2. The number of halogens is 1. The summed E-state index contributed by atoms with van der Waals surface area (Å²) in [5.41, 5.74) is -0.703. The molecule has 0 unspecified atom stereocenters. The zero-order valence-electron chi connectivity index (χ0n) is 11.7. The van der Waals surface area contributed by atoms with Crippen LogP contribution < -0.4 is 10.6 Å². The Morgan fingerprint density at radius 1 is 1.30 bits per heavy atom. The summed E-state index contributed by atoms with van der Waals surface area (Å²) in [6.45, 7) is 3.20. The molecule has 2 amide bonds. The summed E-state index contributed by atoms with van der Waals surface area (Å²) in [4.78, 5) is 23.7. The standard InChI is InChI=1S/C15H19FN2O2/c1-15(2,11-5-3-4-6-12(11)16)14(20)17-9-13(19)18-10-7-8-10/h3-6,10H,7-9H2,1-2H3,(H,17,20)(H,18,19). The third-order valence-electron chi connectivity index (χ3n) is 3.47. The fourth-order valence-electron chi connectivity index (χ4n) is 1.98. The molecule has 5 heteroatoms. The maximum absolute atomic E-state index is 13.8. The number of benzene rings is 1. The van der Waals surface area contributed by atoms with E-state index in [-0.39, 0.29) is 24.4 Å². The van der Waals surface area contributed by atoms with E-state index < -0.39 is 11.2 Å². The number of carbonyl (C=O) groups excluding carboxylic acids is 2. The van der Waals surface area contributed by atoms with Crippen LogP contribution in [0.25, 0.3) is 0 Å². The summed E-state index contributed by atoms with van der Waals surface area (Å²) in [6, 6.07) is 6.44. The minimum absolute atomic E-state index is 0.0762. The van der Waals surface area contributed by atoms with Crippen molar-refractivity contribution in [3.05, 3.63) is 35.6 Å². The lowest BCUT2D eigenvalue weighted by Gasteiger charge is -2.24. The summed E-state index contributed by atoms with van der Waals surface area (Å²) in [5.74, 6) is -0.992. The molecule has 1 aliphatic rings. The third kappa shape index (κ3) is 3.35. The number of amides is 2. The van der Waals surface area contributed by atoms with Gasteiger partial charge in [-0.1, -0.05) is 18.2 Å². The molecule has 0 bridgehead atoms. The summed E-state index contributed by atoms with van der Waals surface area (Å²) < 4.78 is 13.8. The van der Waals surface area contributed by atoms with Crippen molar-refractivity contribution >= 4 is 11.8 Å². The van der Waals surface area contributed by atoms with E-state index in [0.29, 0.717) is 5.56 Å². The second-order valence-electron chi connectivity index (χ2n) is 5.63. The molecule has 0 aromatic heterocycles. The highest BCUT2D eigenvalue weighted by atomic mass is 19.1. The van der Waals surface area contributed by atoms with Crippen molar-refractivity contribution in [2.24, 2.45) is 0 Å². The number of nitrogens with one attached hydrogen (secondary N) is 2. The van der Waals surface area contributed by atoms with E-state index in [4.69, 9.17) is 0 Å². The molecule has 1 aromatic carbocycles. The van der Waals surface area contributed by atoms with Gasteiger partial charge in [-0.2, -0.15) is 0 Å². The Morgan fingerprint density at radius 2 is 1.95 bits per heavy atom. The van der Waals surface area contributed by atoms with E-state index in [1.54, 1.807) is 32.0 Å². The molecule has 20 heavy (non-hydrogen) atoms. The summed E-state index contributed by atoms with van der Waals surface area (Å²) in [6.07, 6.45) is 2.00. The second kappa shape index (κ2) is 5.61. The molecule has 0 saturated heterocycles. The van der Waals surface area contributed by atoms with Crippen LogP contribution in [0.5, 0.6) is 0 Å².